The van der Waals surface area contributed by atoms with Gasteiger partial charge in [0, 0.05) is 43.6 Å². The van der Waals surface area contributed by atoms with Crippen LogP contribution in [0.5, 0.6) is 11.6 Å². The van der Waals surface area contributed by atoms with Crippen molar-refractivity contribution in [3.63, 3.8) is 0 Å². The van der Waals surface area contributed by atoms with E-state index in [0.29, 0.717) is 17.8 Å². The third kappa shape index (κ3) is 5.64. The monoisotopic (exact) mass is 477 g/mol. The molecule has 0 atom stereocenters. The normalized spacial score (nSPS) is 13.9. The number of nitrogens with zero attached hydrogens (tertiary/aromatic N) is 5. The van der Waals surface area contributed by atoms with Gasteiger partial charge < -0.3 is 25.6 Å². The second-order valence-corrected chi connectivity index (χ2v) is 8.21. The molecule has 1 aliphatic heterocycles. The van der Waals surface area contributed by atoms with Crippen LogP contribution in [0.2, 0.25) is 0 Å². The van der Waals surface area contributed by atoms with Crippen LogP contribution in [0.3, 0.4) is 0 Å². The first-order valence-corrected chi connectivity index (χ1v) is 11.3. The lowest BCUT2D eigenvalue weighted by Gasteiger charge is -2.34. The maximum atomic E-state index is 12.1. The van der Waals surface area contributed by atoms with E-state index in [9.17, 15) is 14.9 Å². The molecule has 4 rings (SSSR count). The van der Waals surface area contributed by atoms with Gasteiger partial charge in [-0.15, -0.1) is 0 Å². The minimum atomic E-state index is -0.731. The summed E-state index contributed by atoms with van der Waals surface area (Å²) in [4.78, 5) is 36.2. The standard InChI is InChI=1S/C24H27N7O4/c1-3-20-24(35-19-6-4-5-18(15-19)31(33)34)28-23(21(27-20)22(25)32)26-16-7-9-17(10-8-16)30-13-11-29(2)12-14-30/h4-10,15H,3,11-14H2,1-2H3,(H2,25,32)(H,26,28). The molecule has 1 saturated heterocycles. The lowest BCUT2D eigenvalue weighted by Crippen LogP contribution is -2.44. The highest BCUT2D eigenvalue weighted by atomic mass is 16.6. The first-order valence-electron chi connectivity index (χ1n) is 11.3. The molecule has 3 N–H and O–H groups in total. The minimum Gasteiger partial charge on any atom is -0.437 e. The number of hydrogen-bond acceptors (Lipinski definition) is 9. The Hall–Kier alpha value is -4.25. The molecule has 2 heterocycles. The number of nitro benzene ring substituents is 1. The maximum Gasteiger partial charge on any atom is 0.273 e. The fraction of sp³-hybridized carbons (Fsp3) is 0.292. The summed E-state index contributed by atoms with van der Waals surface area (Å²) in [5.41, 5.74) is 7.66. The summed E-state index contributed by atoms with van der Waals surface area (Å²) < 4.78 is 5.83. The molecule has 0 unspecified atom stereocenters. The number of aryl methyl sites for hydroxylation is 1. The first-order chi connectivity index (χ1) is 16.8. The highest BCUT2D eigenvalue weighted by Crippen LogP contribution is 2.30. The van der Waals surface area contributed by atoms with E-state index >= 15 is 0 Å². The number of hydrogen-bond donors (Lipinski definition) is 2. The van der Waals surface area contributed by atoms with Crippen LogP contribution in [0.25, 0.3) is 0 Å². The molecule has 35 heavy (non-hydrogen) atoms. The number of benzene rings is 2. The summed E-state index contributed by atoms with van der Waals surface area (Å²) in [6.45, 7) is 5.76. The summed E-state index contributed by atoms with van der Waals surface area (Å²) in [5, 5.41) is 14.2. The number of carbonyl (C=O) groups excluding carboxylic acids is 1. The number of carbonyl (C=O) groups is 1. The zero-order valence-corrected chi connectivity index (χ0v) is 19.6. The molecule has 1 amide bonds. The van der Waals surface area contributed by atoms with E-state index in [1.165, 1.54) is 18.2 Å². The molecule has 0 aliphatic carbocycles. The van der Waals surface area contributed by atoms with E-state index in [1.807, 2.05) is 31.2 Å². The molecule has 2 aromatic carbocycles. The predicted molar refractivity (Wildman–Crippen MR) is 133 cm³/mol. The van der Waals surface area contributed by atoms with Gasteiger partial charge >= 0.3 is 0 Å². The molecule has 1 aliphatic rings. The number of nitrogens with one attached hydrogen (secondary N) is 1. The number of anilines is 3. The van der Waals surface area contributed by atoms with Crippen molar-refractivity contribution in [3.05, 3.63) is 70.0 Å². The number of nitrogens with two attached hydrogens (primary N) is 1. The van der Waals surface area contributed by atoms with E-state index in [1.54, 1.807) is 6.07 Å². The Bertz CT molecular complexity index is 1230. The van der Waals surface area contributed by atoms with Crippen LogP contribution in [-0.2, 0) is 6.42 Å². The van der Waals surface area contributed by atoms with Gasteiger partial charge in [0.1, 0.15) is 11.4 Å². The van der Waals surface area contributed by atoms with Crippen molar-refractivity contribution < 1.29 is 14.5 Å². The lowest BCUT2D eigenvalue weighted by atomic mass is 10.2. The van der Waals surface area contributed by atoms with Gasteiger partial charge in [-0.2, -0.15) is 4.98 Å². The summed E-state index contributed by atoms with van der Waals surface area (Å²) in [7, 11) is 2.11. The number of rotatable bonds is 8. The molecule has 0 saturated carbocycles. The second kappa shape index (κ2) is 10.3. The molecule has 0 radical (unpaired) electrons. The number of aromatic nitrogens is 2. The highest BCUT2D eigenvalue weighted by molar-refractivity contribution is 5.96. The Labute approximate surface area is 202 Å². The number of likely N-dealkylation sites (N-methyl/N-ethyl adjacent to an activating group) is 1. The predicted octanol–water partition coefficient (Wildman–Crippen LogP) is 3.33. The second-order valence-electron chi connectivity index (χ2n) is 8.21. The van der Waals surface area contributed by atoms with E-state index in [4.69, 9.17) is 10.5 Å². The molecule has 0 spiro atoms. The quantitative estimate of drug-likeness (QED) is 0.369. The van der Waals surface area contributed by atoms with Gasteiger partial charge in [-0.05, 0) is 43.8 Å². The van der Waals surface area contributed by atoms with Crippen molar-refractivity contribution in [3.8, 4) is 11.6 Å². The summed E-state index contributed by atoms with van der Waals surface area (Å²) in [5.74, 6) is -0.222. The first kappa shape index (κ1) is 23.9. The van der Waals surface area contributed by atoms with E-state index in [2.05, 4.69) is 32.1 Å². The lowest BCUT2D eigenvalue weighted by molar-refractivity contribution is -0.384. The van der Waals surface area contributed by atoms with Gasteiger partial charge in [-0.3, -0.25) is 14.9 Å². The number of ether oxygens (including phenoxy) is 1. The Kier molecular flexibility index (Phi) is 7.06. The third-order valence-electron chi connectivity index (χ3n) is 5.74. The highest BCUT2D eigenvalue weighted by Gasteiger charge is 2.20. The largest absolute Gasteiger partial charge is 0.437 e. The van der Waals surface area contributed by atoms with Gasteiger partial charge in [-0.25, -0.2) is 4.98 Å². The van der Waals surface area contributed by atoms with Crippen molar-refractivity contribution in [1.29, 1.82) is 0 Å². The number of non-ortho nitro benzene ring substituents is 1. The molecule has 1 aromatic heterocycles. The molecular formula is C24H27N7O4. The smallest absolute Gasteiger partial charge is 0.273 e. The average molecular weight is 478 g/mol. The maximum absolute atomic E-state index is 12.1. The van der Waals surface area contributed by atoms with Crippen LogP contribution in [0.15, 0.2) is 48.5 Å². The van der Waals surface area contributed by atoms with Crippen LogP contribution >= 0.6 is 0 Å². The van der Waals surface area contributed by atoms with E-state index in [-0.39, 0.29) is 28.8 Å². The third-order valence-corrected chi connectivity index (χ3v) is 5.74. The van der Waals surface area contributed by atoms with Gasteiger partial charge in [0.2, 0.25) is 5.88 Å². The van der Waals surface area contributed by atoms with Crippen molar-refractivity contribution in [2.24, 2.45) is 5.73 Å². The number of nitro groups is 1. The van der Waals surface area contributed by atoms with E-state index in [0.717, 1.165) is 31.9 Å². The SMILES string of the molecule is CCc1nc(C(N)=O)c(Nc2ccc(N3CCN(C)CC3)cc2)nc1Oc1cccc([N+](=O)[O-])c1. The van der Waals surface area contributed by atoms with Crippen LogP contribution in [0, 0.1) is 10.1 Å². The Morgan fingerprint density at radius 1 is 1.14 bits per heavy atom. The molecular weight excluding hydrogens is 450 g/mol. The topological polar surface area (TPSA) is 140 Å². The van der Waals surface area contributed by atoms with Crippen LogP contribution in [-0.4, -0.2) is 58.9 Å². The van der Waals surface area contributed by atoms with Gasteiger partial charge in [0.05, 0.1) is 11.0 Å². The van der Waals surface area contributed by atoms with Gasteiger partial charge in [0.25, 0.3) is 11.6 Å². The van der Waals surface area contributed by atoms with Crippen molar-refractivity contribution >= 4 is 28.8 Å². The molecule has 11 nitrogen and oxygen atoms in total. The Morgan fingerprint density at radius 3 is 2.49 bits per heavy atom. The minimum absolute atomic E-state index is 0.0172. The van der Waals surface area contributed by atoms with Crippen molar-refractivity contribution in [1.82, 2.24) is 14.9 Å². The van der Waals surface area contributed by atoms with Crippen molar-refractivity contribution in [2.75, 3.05) is 43.4 Å². The van der Waals surface area contributed by atoms with Gasteiger partial charge in [0.15, 0.2) is 11.5 Å². The summed E-state index contributed by atoms with van der Waals surface area (Å²) in [6, 6.07) is 13.6. The Morgan fingerprint density at radius 2 is 1.86 bits per heavy atom. The van der Waals surface area contributed by atoms with Crippen LogP contribution in [0.1, 0.15) is 23.1 Å². The number of piperazine rings is 1. The zero-order chi connectivity index (χ0) is 24.9. The van der Waals surface area contributed by atoms with Crippen LogP contribution < -0.4 is 20.7 Å². The summed E-state index contributed by atoms with van der Waals surface area (Å²) >= 11 is 0. The molecule has 3 aromatic rings. The fourth-order valence-corrected chi connectivity index (χ4v) is 3.75. The Balaban J connectivity index is 1.60. The number of primary amides is 1. The van der Waals surface area contributed by atoms with Crippen molar-refractivity contribution in [2.45, 2.75) is 13.3 Å². The van der Waals surface area contributed by atoms with E-state index < -0.39 is 10.8 Å². The molecule has 182 valence electrons. The average Bonchev–Trinajstić information content (AvgIpc) is 2.85. The zero-order valence-electron chi connectivity index (χ0n) is 19.6. The summed E-state index contributed by atoms with van der Waals surface area (Å²) in [6.07, 6.45) is 0.414. The van der Waals surface area contributed by atoms with Crippen LogP contribution in [0.4, 0.5) is 22.9 Å². The number of amides is 1. The fourth-order valence-electron chi connectivity index (χ4n) is 3.75. The molecule has 1 fully saturated rings. The molecule has 11 heteroatoms. The molecule has 0 bridgehead atoms. The van der Waals surface area contributed by atoms with Gasteiger partial charge in [-0.1, -0.05) is 13.0 Å².